The third-order valence-corrected chi connectivity index (χ3v) is 3.70. The number of sulfonamides is 1. The van der Waals surface area contributed by atoms with Crippen LogP contribution in [0.2, 0.25) is 0 Å². The van der Waals surface area contributed by atoms with Crippen LogP contribution in [-0.2, 0) is 19.6 Å². The maximum Gasteiger partial charge on any atom is 0.324 e. The molecule has 0 aliphatic carbocycles. The second-order valence-electron chi connectivity index (χ2n) is 4.21. The van der Waals surface area contributed by atoms with Crippen LogP contribution in [0.3, 0.4) is 0 Å². The molecule has 0 aromatic rings. The van der Waals surface area contributed by atoms with Crippen LogP contribution < -0.4 is 4.72 Å². The van der Waals surface area contributed by atoms with E-state index in [1.165, 1.54) is 0 Å². The van der Waals surface area contributed by atoms with E-state index in [4.69, 9.17) is 0 Å². The first-order valence-corrected chi connectivity index (χ1v) is 7.20. The maximum atomic E-state index is 11.9. The molecular weight excluding hydrogens is 268 g/mol. The molecule has 0 radical (unpaired) electrons. The summed E-state index contributed by atoms with van der Waals surface area (Å²) in [4.78, 5) is 11.3. The lowest BCUT2D eigenvalue weighted by atomic mass is 10.1. The van der Waals surface area contributed by atoms with Crippen molar-refractivity contribution < 1.29 is 26.7 Å². The second kappa shape index (κ2) is 7.63. The Bertz CT molecular complexity index is 357. The Balaban J connectivity index is 4.48. The molecule has 0 saturated heterocycles. The number of halogens is 2. The van der Waals surface area contributed by atoms with E-state index in [1.807, 2.05) is 0 Å². The summed E-state index contributed by atoms with van der Waals surface area (Å²) >= 11 is 0. The minimum absolute atomic E-state index is 0.154. The van der Waals surface area contributed by atoms with Gasteiger partial charge in [-0.05, 0) is 12.3 Å². The van der Waals surface area contributed by atoms with Crippen molar-refractivity contribution in [3.8, 4) is 0 Å². The molecular formula is C10H19F2NO4S. The smallest absolute Gasteiger partial charge is 0.324 e. The zero-order valence-electron chi connectivity index (χ0n) is 10.7. The molecule has 1 N–H and O–H groups in total. The van der Waals surface area contributed by atoms with Crippen molar-refractivity contribution in [2.75, 3.05) is 12.9 Å². The zero-order chi connectivity index (χ0) is 14.3. The predicted molar refractivity (Wildman–Crippen MR) is 62.8 cm³/mol. The van der Waals surface area contributed by atoms with Crippen molar-refractivity contribution in [1.29, 1.82) is 0 Å². The van der Waals surface area contributed by atoms with Gasteiger partial charge in [-0.3, -0.25) is 4.79 Å². The topological polar surface area (TPSA) is 72.5 Å². The SMILES string of the molecule is COC(=O)[C@@H](NS(=O)(=O)CCCC(F)F)C(C)C. The zero-order valence-corrected chi connectivity index (χ0v) is 11.5. The van der Waals surface area contributed by atoms with Gasteiger partial charge in [-0.2, -0.15) is 0 Å². The highest BCUT2D eigenvalue weighted by molar-refractivity contribution is 7.89. The fraction of sp³-hybridized carbons (Fsp3) is 0.900. The summed E-state index contributed by atoms with van der Waals surface area (Å²) in [6, 6.07) is -0.994. The molecule has 0 aromatic heterocycles. The van der Waals surface area contributed by atoms with Crippen LogP contribution in [-0.4, -0.2) is 39.7 Å². The quantitative estimate of drug-likeness (QED) is 0.680. The van der Waals surface area contributed by atoms with Gasteiger partial charge in [0.25, 0.3) is 0 Å². The standard InChI is InChI=1S/C10H19F2NO4S/c1-7(2)9(10(14)17-3)13-18(15,16)6-4-5-8(11)12/h7-9,13H,4-6H2,1-3H3/t9-/m0/s1. The number of ether oxygens (including phenoxy) is 1. The van der Waals surface area contributed by atoms with Crippen LogP contribution in [0.4, 0.5) is 8.78 Å². The average molecular weight is 287 g/mol. The maximum absolute atomic E-state index is 11.9. The molecule has 0 amide bonds. The van der Waals surface area contributed by atoms with Crippen molar-refractivity contribution in [2.45, 2.75) is 39.2 Å². The third-order valence-electron chi connectivity index (χ3n) is 2.26. The first-order valence-electron chi connectivity index (χ1n) is 5.55. The number of esters is 1. The van der Waals surface area contributed by atoms with E-state index in [0.29, 0.717) is 0 Å². The van der Waals surface area contributed by atoms with Crippen molar-refractivity contribution in [3.05, 3.63) is 0 Å². The molecule has 0 aliphatic heterocycles. The monoisotopic (exact) mass is 287 g/mol. The first kappa shape index (κ1) is 17.2. The van der Waals surface area contributed by atoms with Crippen LogP contribution in [0.25, 0.3) is 0 Å². The fourth-order valence-corrected chi connectivity index (χ4v) is 2.68. The van der Waals surface area contributed by atoms with Gasteiger partial charge in [0.05, 0.1) is 12.9 Å². The molecule has 8 heteroatoms. The van der Waals surface area contributed by atoms with Crippen molar-refractivity contribution in [2.24, 2.45) is 5.92 Å². The third kappa shape index (κ3) is 6.85. The van der Waals surface area contributed by atoms with E-state index in [0.717, 1.165) is 7.11 Å². The van der Waals surface area contributed by atoms with Gasteiger partial charge in [0.2, 0.25) is 16.4 Å². The molecule has 0 saturated carbocycles. The number of nitrogens with one attached hydrogen (secondary N) is 1. The highest BCUT2D eigenvalue weighted by Crippen LogP contribution is 2.08. The summed E-state index contributed by atoms with van der Waals surface area (Å²) in [6.07, 6.45) is -3.16. The van der Waals surface area contributed by atoms with Crippen LogP contribution in [0.15, 0.2) is 0 Å². The summed E-state index contributed by atoms with van der Waals surface area (Å²) in [6.45, 7) is 3.31. The van der Waals surface area contributed by atoms with Crippen molar-refractivity contribution in [3.63, 3.8) is 0 Å². The summed E-state index contributed by atoms with van der Waals surface area (Å²) < 4.78 is 53.6. The van der Waals surface area contributed by atoms with Gasteiger partial charge in [-0.25, -0.2) is 21.9 Å². The van der Waals surface area contributed by atoms with Crippen molar-refractivity contribution >= 4 is 16.0 Å². The fourth-order valence-electron chi connectivity index (χ4n) is 1.26. The highest BCUT2D eigenvalue weighted by atomic mass is 32.2. The molecule has 0 spiro atoms. The second-order valence-corrected chi connectivity index (χ2v) is 6.09. The number of carbonyl (C=O) groups is 1. The van der Waals surface area contributed by atoms with E-state index >= 15 is 0 Å². The number of hydrogen-bond donors (Lipinski definition) is 1. The molecule has 18 heavy (non-hydrogen) atoms. The van der Waals surface area contributed by atoms with Gasteiger partial charge in [0, 0.05) is 6.42 Å². The molecule has 0 heterocycles. The van der Waals surface area contributed by atoms with Gasteiger partial charge in [0.15, 0.2) is 0 Å². The molecule has 0 bridgehead atoms. The summed E-state index contributed by atoms with van der Waals surface area (Å²) in [5.74, 6) is -1.41. The average Bonchev–Trinajstić information content (AvgIpc) is 2.23. The van der Waals surface area contributed by atoms with Gasteiger partial charge < -0.3 is 4.74 Å². The van der Waals surface area contributed by atoms with Gasteiger partial charge >= 0.3 is 5.97 Å². The lowest BCUT2D eigenvalue weighted by Crippen LogP contribution is -2.45. The molecule has 0 fully saturated rings. The lowest BCUT2D eigenvalue weighted by molar-refractivity contribution is -0.143. The summed E-state index contributed by atoms with van der Waals surface area (Å²) in [5.41, 5.74) is 0. The molecule has 0 rings (SSSR count). The van der Waals surface area contributed by atoms with E-state index in [2.05, 4.69) is 9.46 Å². The number of methoxy groups -OCH3 is 1. The molecule has 0 aliphatic rings. The minimum atomic E-state index is -3.76. The van der Waals surface area contributed by atoms with Gasteiger partial charge in [-0.15, -0.1) is 0 Å². The molecule has 0 unspecified atom stereocenters. The summed E-state index contributed by atoms with van der Waals surface area (Å²) in [7, 11) is -2.61. The van der Waals surface area contributed by atoms with Crippen molar-refractivity contribution in [1.82, 2.24) is 4.72 Å². The highest BCUT2D eigenvalue weighted by Gasteiger charge is 2.27. The van der Waals surface area contributed by atoms with Crippen LogP contribution in [0.5, 0.6) is 0 Å². The number of hydrogen-bond acceptors (Lipinski definition) is 4. The molecule has 108 valence electrons. The number of rotatable bonds is 8. The Morgan fingerprint density at radius 1 is 1.33 bits per heavy atom. The minimum Gasteiger partial charge on any atom is -0.468 e. The van der Waals surface area contributed by atoms with Crippen LogP contribution in [0.1, 0.15) is 26.7 Å². The molecule has 0 aromatic carbocycles. The van der Waals surface area contributed by atoms with E-state index < -0.39 is 40.6 Å². The largest absolute Gasteiger partial charge is 0.468 e. The Labute approximate surface area is 106 Å². The first-order chi connectivity index (χ1) is 8.19. The Morgan fingerprint density at radius 2 is 1.89 bits per heavy atom. The number of alkyl halides is 2. The van der Waals surface area contributed by atoms with Gasteiger partial charge in [-0.1, -0.05) is 13.8 Å². The normalized spacial score (nSPS) is 13.9. The Hall–Kier alpha value is -0.760. The van der Waals surface area contributed by atoms with E-state index in [1.54, 1.807) is 13.8 Å². The lowest BCUT2D eigenvalue weighted by Gasteiger charge is -2.19. The van der Waals surface area contributed by atoms with Crippen LogP contribution >= 0.6 is 0 Å². The van der Waals surface area contributed by atoms with Crippen LogP contribution in [0, 0.1) is 5.92 Å². The van der Waals surface area contributed by atoms with E-state index in [-0.39, 0.29) is 12.3 Å². The molecule has 5 nitrogen and oxygen atoms in total. The predicted octanol–water partition coefficient (Wildman–Crippen LogP) is 1.15. The Morgan fingerprint density at radius 3 is 2.28 bits per heavy atom. The molecule has 1 atom stereocenters. The number of carbonyl (C=O) groups excluding carboxylic acids is 1. The summed E-state index contributed by atoms with van der Waals surface area (Å²) in [5, 5.41) is 0. The van der Waals surface area contributed by atoms with E-state index in [9.17, 15) is 22.0 Å². The Kier molecular flexibility index (Phi) is 7.30. The van der Waals surface area contributed by atoms with Gasteiger partial charge in [0.1, 0.15) is 6.04 Å².